The summed E-state index contributed by atoms with van der Waals surface area (Å²) in [6.45, 7) is 1.56. The zero-order chi connectivity index (χ0) is 21.1. The lowest BCUT2D eigenvalue weighted by atomic mass is 10.1. The molecule has 1 fully saturated rings. The standard InChI is InChI=1S/C23H24N4O3/c1-26-23(30)19-11-4-3-10-18(19)20(25-26)15-21(28)24-17-9-7-8-16(14-17)22(29)27-12-5-2-6-13-27/h3-4,7-11,14H,2,5-6,12-13,15H2,1H3,(H,24,28). The number of likely N-dealkylation sites (tertiary alicyclic amines) is 1. The molecule has 154 valence electrons. The number of aromatic nitrogens is 2. The summed E-state index contributed by atoms with van der Waals surface area (Å²) in [5, 5.41) is 8.33. The van der Waals surface area contributed by atoms with Crippen LogP contribution in [0.15, 0.2) is 53.3 Å². The number of aryl methyl sites for hydroxylation is 1. The topological polar surface area (TPSA) is 84.3 Å². The highest BCUT2D eigenvalue weighted by Gasteiger charge is 2.19. The van der Waals surface area contributed by atoms with Gasteiger partial charge in [-0.1, -0.05) is 24.3 Å². The van der Waals surface area contributed by atoms with Crippen molar-refractivity contribution in [1.29, 1.82) is 0 Å². The maximum atomic E-state index is 12.7. The van der Waals surface area contributed by atoms with Crippen LogP contribution >= 0.6 is 0 Å². The largest absolute Gasteiger partial charge is 0.339 e. The van der Waals surface area contributed by atoms with Crippen LogP contribution in [0.1, 0.15) is 35.3 Å². The first kappa shape index (κ1) is 19.8. The van der Waals surface area contributed by atoms with Crippen molar-refractivity contribution < 1.29 is 9.59 Å². The lowest BCUT2D eigenvalue weighted by Crippen LogP contribution is -2.35. The fraction of sp³-hybridized carbons (Fsp3) is 0.304. The molecule has 1 saturated heterocycles. The molecule has 3 aromatic rings. The fourth-order valence-corrected chi connectivity index (χ4v) is 3.87. The molecule has 0 aliphatic carbocycles. The molecule has 1 aromatic heterocycles. The Morgan fingerprint density at radius 2 is 1.73 bits per heavy atom. The number of anilines is 1. The average Bonchev–Trinajstić information content (AvgIpc) is 2.77. The predicted molar refractivity (Wildman–Crippen MR) is 116 cm³/mol. The van der Waals surface area contributed by atoms with Gasteiger partial charge in [0.25, 0.3) is 11.5 Å². The van der Waals surface area contributed by atoms with E-state index in [1.807, 2.05) is 11.0 Å². The number of benzene rings is 2. The van der Waals surface area contributed by atoms with E-state index >= 15 is 0 Å². The Balaban J connectivity index is 1.51. The van der Waals surface area contributed by atoms with Crippen molar-refractivity contribution in [2.45, 2.75) is 25.7 Å². The molecule has 0 saturated carbocycles. The summed E-state index contributed by atoms with van der Waals surface area (Å²) >= 11 is 0. The number of carbonyl (C=O) groups is 2. The Hall–Kier alpha value is -3.48. The first-order valence-corrected chi connectivity index (χ1v) is 10.2. The lowest BCUT2D eigenvalue weighted by molar-refractivity contribution is -0.115. The van der Waals surface area contributed by atoms with Gasteiger partial charge in [0, 0.05) is 36.8 Å². The molecule has 0 unspecified atom stereocenters. The fourth-order valence-electron chi connectivity index (χ4n) is 3.87. The summed E-state index contributed by atoms with van der Waals surface area (Å²) in [4.78, 5) is 39.5. The molecule has 2 amide bonds. The SMILES string of the molecule is Cn1nc(CC(=O)Nc2cccc(C(=O)N3CCCCC3)c2)c2ccccc2c1=O. The molecule has 1 aliphatic rings. The number of fused-ring (bicyclic) bond motifs is 1. The van der Waals surface area contributed by atoms with Crippen molar-refractivity contribution in [2.24, 2.45) is 7.05 Å². The summed E-state index contributed by atoms with van der Waals surface area (Å²) in [5.74, 6) is -0.259. The molecular weight excluding hydrogens is 380 g/mol. The second-order valence-electron chi connectivity index (χ2n) is 7.58. The minimum atomic E-state index is -0.256. The molecule has 2 aromatic carbocycles. The number of hydrogen-bond acceptors (Lipinski definition) is 4. The second-order valence-corrected chi connectivity index (χ2v) is 7.58. The van der Waals surface area contributed by atoms with E-state index in [0.717, 1.165) is 32.4 Å². The Morgan fingerprint density at radius 1 is 1.00 bits per heavy atom. The molecule has 1 N–H and O–H groups in total. The van der Waals surface area contributed by atoms with E-state index < -0.39 is 0 Å². The number of rotatable bonds is 4. The number of hydrogen-bond donors (Lipinski definition) is 1. The van der Waals surface area contributed by atoms with Crippen LogP contribution in [0.5, 0.6) is 0 Å². The van der Waals surface area contributed by atoms with E-state index in [-0.39, 0.29) is 23.8 Å². The van der Waals surface area contributed by atoms with Crippen molar-refractivity contribution in [2.75, 3.05) is 18.4 Å². The summed E-state index contributed by atoms with van der Waals surface area (Å²) < 4.78 is 1.25. The zero-order valence-corrected chi connectivity index (χ0v) is 16.9. The van der Waals surface area contributed by atoms with Crippen LogP contribution in [0.3, 0.4) is 0 Å². The normalized spacial score (nSPS) is 14.0. The van der Waals surface area contributed by atoms with E-state index in [1.54, 1.807) is 49.5 Å². The molecule has 2 heterocycles. The van der Waals surface area contributed by atoms with E-state index in [4.69, 9.17) is 0 Å². The molecule has 0 atom stereocenters. The van der Waals surface area contributed by atoms with Crippen LogP contribution in [0.4, 0.5) is 5.69 Å². The summed E-state index contributed by atoms with van der Waals surface area (Å²) in [7, 11) is 1.58. The highest BCUT2D eigenvalue weighted by atomic mass is 16.2. The maximum absolute atomic E-state index is 12.7. The molecule has 1 aliphatic heterocycles. The zero-order valence-electron chi connectivity index (χ0n) is 16.9. The highest BCUT2D eigenvalue weighted by molar-refractivity contribution is 5.98. The number of amides is 2. The third kappa shape index (κ3) is 4.10. The molecule has 0 radical (unpaired) electrons. The Kier molecular flexibility index (Phi) is 5.61. The summed E-state index contributed by atoms with van der Waals surface area (Å²) in [6, 6.07) is 14.2. The van der Waals surface area contributed by atoms with Gasteiger partial charge in [-0.3, -0.25) is 14.4 Å². The van der Waals surface area contributed by atoms with Crippen molar-refractivity contribution >= 4 is 28.3 Å². The van der Waals surface area contributed by atoms with E-state index in [2.05, 4.69) is 10.4 Å². The van der Waals surface area contributed by atoms with Gasteiger partial charge in [0.2, 0.25) is 5.91 Å². The lowest BCUT2D eigenvalue weighted by Gasteiger charge is -2.26. The van der Waals surface area contributed by atoms with Crippen molar-refractivity contribution in [3.8, 4) is 0 Å². The Labute approximate surface area is 174 Å². The molecule has 30 heavy (non-hydrogen) atoms. The molecule has 0 spiro atoms. The van der Waals surface area contributed by atoms with Gasteiger partial charge in [0.05, 0.1) is 17.5 Å². The van der Waals surface area contributed by atoms with Gasteiger partial charge in [-0.2, -0.15) is 5.10 Å². The average molecular weight is 404 g/mol. The number of piperidine rings is 1. The third-order valence-corrected chi connectivity index (χ3v) is 5.40. The van der Waals surface area contributed by atoms with Gasteiger partial charge in [0.15, 0.2) is 0 Å². The van der Waals surface area contributed by atoms with Gasteiger partial charge >= 0.3 is 0 Å². The van der Waals surface area contributed by atoms with Gasteiger partial charge in [0.1, 0.15) is 0 Å². The van der Waals surface area contributed by atoms with Gasteiger partial charge in [-0.15, -0.1) is 0 Å². The van der Waals surface area contributed by atoms with Crippen LogP contribution < -0.4 is 10.9 Å². The van der Waals surface area contributed by atoms with Crippen LogP contribution in [0.2, 0.25) is 0 Å². The van der Waals surface area contributed by atoms with Gasteiger partial charge in [-0.25, -0.2) is 4.68 Å². The molecule has 7 nitrogen and oxygen atoms in total. The number of nitrogens with zero attached hydrogens (tertiary/aromatic N) is 3. The molecule has 4 rings (SSSR count). The third-order valence-electron chi connectivity index (χ3n) is 5.40. The highest BCUT2D eigenvalue weighted by Crippen LogP contribution is 2.18. The van der Waals surface area contributed by atoms with Crippen LogP contribution in [-0.2, 0) is 18.3 Å². The number of carbonyl (C=O) groups excluding carboxylic acids is 2. The summed E-state index contributed by atoms with van der Waals surface area (Å²) in [6.07, 6.45) is 3.25. The summed E-state index contributed by atoms with van der Waals surface area (Å²) in [5.41, 5.74) is 1.47. The Bertz CT molecular complexity index is 1160. The first-order valence-electron chi connectivity index (χ1n) is 10.2. The van der Waals surface area contributed by atoms with Crippen LogP contribution in [-0.4, -0.2) is 39.6 Å². The first-order chi connectivity index (χ1) is 14.5. The monoisotopic (exact) mass is 404 g/mol. The number of nitrogens with one attached hydrogen (secondary N) is 1. The van der Waals surface area contributed by atoms with Crippen molar-refractivity contribution in [3.05, 3.63) is 70.1 Å². The van der Waals surface area contributed by atoms with E-state index in [1.165, 1.54) is 4.68 Å². The van der Waals surface area contributed by atoms with E-state index in [0.29, 0.717) is 27.7 Å². The van der Waals surface area contributed by atoms with Gasteiger partial charge < -0.3 is 10.2 Å². The smallest absolute Gasteiger partial charge is 0.274 e. The second kappa shape index (κ2) is 8.49. The molecular formula is C23H24N4O3. The molecule has 7 heteroatoms. The predicted octanol–water partition coefficient (Wildman–Crippen LogP) is 2.74. The van der Waals surface area contributed by atoms with Crippen LogP contribution in [0, 0.1) is 0 Å². The van der Waals surface area contributed by atoms with Crippen LogP contribution in [0.25, 0.3) is 10.8 Å². The van der Waals surface area contributed by atoms with E-state index in [9.17, 15) is 14.4 Å². The molecule has 0 bridgehead atoms. The van der Waals surface area contributed by atoms with Crippen molar-refractivity contribution in [3.63, 3.8) is 0 Å². The quantitative estimate of drug-likeness (QED) is 0.725. The van der Waals surface area contributed by atoms with Crippen molar-refractivity contribution in [1.82, 2.24) is 14.7 Å². The maximum Gasteiger partial charge on any atom is 0.274 e. The minimum Gasteiger partial charge on any atom is -0.339 e. The Morgan fingerprint density at radius 3 is 2.50 bits per heavy atom. The van der Waals surface area contributed by atoms with Gasteiger partial charge in [-0.05, 0) is 43.5 Å². The minimum absolute atomic E-state index is 0.00322.